The number of hydrogen-bond acceptors (Lipinski definition) is 3. The molecule has 0 aliphatic rings. The summed E-state index contributed by atoms with van der Waals surface area (Å²) in [5.41, 5.74) is 0.258. The summed E-state index contributed by atoms with van der Waals surface area (Å²) in [7, 11) is 0. The molecule has 0 saturated heterocycles. The average Bonchev–Trinajstić information content (AvgIpc) is 2.11. The number of hydrogen-bond donors (Lipinski definition) is 3. The molecule has 76 valence electrons. The quantitative estimate of drug-likeness (QED) is 0.673. The number of carboxylic acids is 1. The summed E-state index contributed by atoms with van der Waals surface area (Å²) in [6, 6.07) is 2.66. The van der Waals surface area contributed by atoms with Crippen LogP contribution in [0.5, 0.6) is 11.5 Å². The molecule has 0 fully saturated rings. The molecule has 1 rings (SSSR count). The van der Waals surface area contributed by atoms with Crippen LogP contribution in [0.4, 0.5) is 0 Å². The lowest BCUT2D eigenvalue weighted by atomic mass is 10.1. The third-order valence-electron chi connectivity index (χ3n) is 1.79. The van der Waals surface area contributed by atoms with Gasteiger partial charge in [0.1, 0.15) is 0 Å². The molecule has 0 spiro atoms. The smallest absolute Gasteiger partial charge is 0.303 e. The van der Waals surface area contributed by atoms with E-state index in [1.807, 2.05) is 0 Å². The van der Waals surface area contributed by atoms with E-state index in [0.29, 0.717) is 0 Å². The predicted molar refractivity (Wildman–Crippen MR) is 50.7 cm³/mol. The Kier molecular flexibility index (Phi) is 3.19. The molecule has 0 saturated carbocycles. The number of benzene rings is 1. The van der Waals surface area contributed by atoms with Crippen LogP contribution < -0.4 is 0 Å². The topological polar surface area (TPSA) is 77.8 Å². The normalized spacial score (nSPS) is 10.1. The fourth-order valence-electron chi connectivity index (χ4n) is 1.07. The molecule has 0 heterocycles. The molecule has 0 radical (unpaired) electrons. The summed E-state index contributed by atoms with van der Waals surface area (Å²) in [6.07, 6.45) is -0.0505. The molecule has 5 heteroatoms. The van der Waals surface area contributed by atoms with Crippen molar-refractivity contribution >= 4 is 17.6 Å². The van der Waals surface area contributed by atoms with E-state index in [1.165, 1.54) is 12.1 Å². The van der Waals surface area contributed by atoms with E-state index in [1.54, 1.807) is 0 Å². The molecule has 0 amide bonds. The van der Waals surface area contributed by atoms with E-state index < -0.39 is 5.97 Å². The number of aliphatic carboxylic acids is 1. The lowest BCUT2D eigenvalue weighted by Gasteiger charge is -2.06. The van der Waals surface area contributed by atoms with Crippen molar-refractivity contribution in [1.29, 1.82) is 0 Å². The minimum Gasteiger partial charge on any atom is -0.504 e. The van der Waals surface area contributed by atoms with Crippen LogP contribution >= 0.6 is 11.6 Å². The van der Waals surface area contributed by atoms with Crippen molar-refractivity contribution in [3.8, 4) is 11.5 Å². The molecule has 0 atom stereocenters. The van der Waals surface area contributed by atoms with Crippen LogP contribution in [-0.4, -0.2) is 21.3 Å². The first-order chi connectivity index (χ1) is 6.52. The van der Waals surface area contributed by atoms with Gasteiger partial charge in [-0.15, -0.1) is 0 Å². The van der Waals surface area contributed by atoms with Crippen molar-refractivity contribution in [2.45, 2.75) is 12.8 Å². The Balaban J connectivity index is 2.95. The van der Waals surface area contributed by atoms with Gasteiger partial charge in [0, 0.05) is 17.0 Å². The summed E-state index contributed by atoms with van der Waals surface area (Å²) in [5, 5.41) is 27.2. The first kappa shape index (κ1) is 10.7. The molecule has 4 nitrogen and oxygen atoms in total. The van der Waals surface area contributed by atoms with Crippen LogP contribution in [0.25, 0.3) is 0 Å². The predicted octanol–water partition coefficient (Wildman–Crippen LogP) is 1.77. The lowest BCUT2D eigenvalue weighted by Crippen LogP contribution is -1.98. The first-order valence-corrected chi connectivity index (χ1v) is 4.31. The van der Waals surface area contributed by atoms with Crippen LogP contribution in [-0.2, 0) is 11.2 Å². The Morgan fingerprint density at radius 2 is 2.00 bits per heavy atom. The first-order valence-electron chi connectivity index (χ1n) is 3.93. The minimum absolute atomic E-state index is 0.0917. The van der Waals surface area contributed by atoms with Gasteiger partial charge in [0.15, 0.2) is 11.5 Å². The Morgan fingerprint density at radius 3 is 2.57 bits per heavy atom. The molecule has 1 aromatic rings. The molecular weight excluding hydrogens is 208 g/mol. The van der Waals surface area contributed by atoms with Gasteiger partial charge < -0.3 is 15.3 Å². The number of carbonyl (C=O) groups is 1. The third-order valence-corrected chi connectivity index (χ3v) is 2.15. The SMILES string of the molecule is O=C(O)CCc1c(Cl)ccc(O)c1O. The maximum Gasteiger partial charge on any atom is 0.303 e. The van der Waals surface area contributed by atoms with Gasteiger partial charge in [-0.1, -0.05) is 11.6 Å². The summed E-state index contributed by atoms with van der Waals surface area (Å²) < 4.78 is 0. The zero-order valence-corrected chi connectivity index (χ0v) is 7.95. The highest BCUT2D eigenvalue weighted by molar-refractivity contribution is 6.31. The van der Waals surface area contributed by atoms with E-state index in [0.717, 1.165) is 0 Å². The van der Waals surface area contributed by atoms with Crippen LogP contribution in [0, 0.1) is 0 Å². The number of rotatable bonds is 3. The molecular formula is C9H9ClO4. The number of aromatic hydroxyl groups is 2. The maximum atomic E-state index is 10.3. The van der Waals surface area contributed by atoms with Crippen LogP contribution in [0.2, 0.25) is 5.02 Å². The van der Waals surface area contributed by atoms with Gasteiger partial charge in [0.05, 0.1) is 0 Å². The van der Waals surface area contributed by atoms with Crippen LogP contribution in [0.3, 0.4) is 0 Å². The van der Waals surface area contributed by atoms with Gasteiger partial charge in [0.25, 0.3) is 0 Å². The monoisotopic (exact) mass is 216 g/mol. The highest BCUT2D eigenvalue weighted by Crippen LogP contribution is 2.34. The Bertz CT molecular complexity index is 362. The summed E-state index contributed by atoms with van der Waals surface area (Å²) in [4.78, 5) is 10.3. The van der Waals surface area contributed by atoms with Gasteiger partial charge in [-0.05, 0) is 18.6 Å². The van der Waals surface area contributed by atoms with E-state index in [-0.39, 0.29) is 34.9 Å². The van der Waals surface area contributed by atoms with Crippen LogP contribution in [0.1, 0.15) is 12.0 Å². The molecule has 1 aromatic carbocycles. The number of phenols is 2. The number of phenolic OH excluding ortho intramolecular Hbond substituents is 2. The zero-order chi connectivity index (χ0) is 10.7. The molecule has 0 aliphatic carbocycles. The Morgan fingerprint density at radius 1 is 1.36 bits per heavy atom. The largest absolute Gasteiger partial charge is 0.504 e. The van der Waals surface area contributed by atoms with Crippen molar-refractivity contribution in [1.82, 2.24) is 0 Å². The Labute approximate surface area is 85.4 Å². The fourth-order valence-corrected chi connectivity index (χ4v) is 1.32. The van der Waals surface area contributed by atoms with Gasteiger partial charge >= 0.3 is 5.97 Å². The number of halogens is 1. The molecule has 0 aromatic heterocycles. The summed E-state index contributed by atoms with van der Waals surface area (Å²) in [6.45, 7) is 0. The van der Waals surface area contributed by atoms with Gasteiger partial charge in [-0.3, -0.25) is 4.79 Å². The van der Waals surface area contributed by atoms with Crippen molar-refractivity contribution < 1.29 is 20.1 Å². The number of carboxylic acid groups (broad SMARTS) is 1. The van der Waals surface area contributed by atoms with Crippen molar-refractivity contribution in [3.63, 3.8) is 0 Å². The minimum atomic E-state index is -0.983. The molecule has 3 N–H and O–H groups in total. The molecule has 14 heavy (non-hydrogen) atoms. The second-order valence-electron chi connectivity index (χ2n) is 2.79. The molecule has 0 bridgehead atoms. The van der Waals surface area contributed by atoms with E-state index in [4.69, 9.17) is 21.8 Å². The maximum absolute atomic E-state index is 10.3. The van der Waals surface area contributed by atoms with E-state index in [9.17, 15) is 9.90 Å². The highest BCUT2D eigenvalue weighted by Gasteiger charge is 2.11. The van der Waals surface area contributed by atoms with E-state index in [2.05, 4.69) is 0 Å². The second-order valence-corrected chi connectivity index (χ2v) is 3.19. The van der Waals surface area contributed by atoms with Gasteiger partial charge in [0.2, 0.25) is 0 Å². The standard InChI is InChI=1S/C9H9ClO4/c10-6-2-3-7(11)9(14)5(6)1-4-8(12)13/h2-3,11,14H,1,4H2,(H,12,13). The second kappa shape index (κ2) is 4.19. The molecule has 0 aliphatic heterocycles. The van der Waals surface area contributed by atoms with Crippen LogP contribution in [0.15, 0.2) is 12.1 Å². The Hall–Kier alpha value is -1.42. The average molecular weight is 217 g/mol. The zero-order valence-electron chi connectivity index (χ0n) is 7.20. The van der Waals surface area contributed by atoms with Crippen molar-refractivity contribution in [3.05, 3.63) is 22.7 Å². The summed E-state index contributed by atoms with van der Waals surface area (Å²) in [5.74, 6) is -1.63. The van der Waals surface area contributed by atoms with Gasteiger partial charge in [-0.25, -0.2) is 0 Å². The summed E-state index contributed by atoms with van der Waals surface area (Å²) >= 11 is 5.72. The van der Waals surface area contributed by atoms with Crippen molar-refractivity contribution in [2.75, 3.05) is 0 Å². The van der Waals surface area contributed by atoms with E-state index >= 15 is 0 Å². The lowest BCUT2D eigenvalue weighted by molar-refractivity contribution is -0.136. The fraction of sp³-hybridized carbons (Fsp3) is 0.222. The highest BCUT2D eigenvalue weighted by atomic mass is 35.5. The van der Waals surface area contributed by atoms with Crippen molar-refractivity contribution in [2.24, 2.45) is 0 Å². The molecule has 0 unspecified atom stereocenters. The third kappa shape index (κ3) is 2.29. The van der Waals surface area contributed by atoms with Gasteiger partial charge in [-0.2, -0.15) is 0 Å².